The van der Waals surface area contributed by atoms with Crippen LogP contribution < -0.4 is 0 Å². The first kappa shape index (κ1) is 16.1. The van der Waals surface area contributed by atoms with Crippen LogP contribution in [0.2, 0.25) is 0 Å². The van der Waals surface area contributed by atoms with Crippen molar-refractivity contribution in [3.63, 3.8) is 0 Å². The first-order valence-electron chi connectivity index (χ1n) is 8.26. The van der Waals surface area contributed by atoms with Crippen molar-refractivity contribution in [2.45, 2.75) is 37.4 Å². The van der Waals surface area contributed by atoms with Crippen molar-refractivity contribution >= 4 is 5.91 Å². The van der Waals surface area contributed by atoms with Gasteiger partial charge in [0.25, 0.3) is 0 Å². The van der Waals surface area contributed by atoms with Crippen molar-refractivity contribution in [3.8, 4) is 0 Å². The highest BCUT2D eigenvalue weighted by molar-refractivity contribution is 5.79. The van der Waals surface area contributed by atoms with Crippen LogP contribution in [0.1, 0.15) is 41.6 Å². The minimum atomic E-state index is -4.40. The first-order chi connectivity index (χ1) is 11.9. The lowest BCUT2D eigenvalue weighted by Crippen LogP contribution is -2.51. The Kier molecular flexibility index (Phi) is 3.77. The summed E-state index contributed by atoms with van der Waals surface area (Å²) in [6.45, 7) is 1.04. The number of nitrogens with zero attached hydrogens (tertiary/aromatic N) is 4. The number of rotatable bonds is 4. The predicted molar refractivity (Wildman–Crippen MR) is 82.8 cm³/mol. The minimum absolute atomic E-state index is 0.0265. The van der Waals surface area contributed by atoms with Crippen molar-refractivity contribution in [1.29, 1.82) is 0 Å². The second-order valence-corrected chi connectivity index (χ2v) is 6.73. The third-order valence-electron chi connectivity index (χ3n) is 4.72. The fraction of sp³-hybridized carbons (Fsp3) is 0.471. The van der Waals surface area contributed by atoms with Gasteiger partial charge in [0.1, 0.15) is 0 Å². The van der Waals surface area contributed by atoms with Crippen LogP contribution in [0.15, 0.2) is 30.5 Å². The van der Waals surface area contributed by atoms with Crippen LogP contribution >= 0.6 is 0 Å². The van der Waals surface area contributed by atoms with Crippen LogP contribution in [0.25, 0.3) is 0 Å². The van der Waals surface area contributed by atoms with E-state index in [1.165, 1.54) is 6.07 Å². The number of amides is 1. The highest BCUT2D eigenvalue weighted by Crippen LogP contribution is 2.39. The molecular weight excluding hydrogens is 333 g/mol. The molecule has 1 saturated heterocycles. The van der Waals surface area contributed by atoms with Crippen LogP contribution in [-0.2, 0) is 17.4 Å². The molecule has 0 atom stereocenters. The average Bonchev–Trinajstić information content (AvgIpc) is 3.25. The Morgan fingerprint density at radius 2 is 2.00 bits per heavy atom. The van der Waals surface area contributed by atoms with E-state index in [0.717, 1.165) is 30.7 Å². The van der Waals surface area contributed by atoms with Gasteiger partial charge in [0.2, 0.25) is 5.91 Å². The second kappa shape index (κ2) is 5.86. The number of carbonyl (C=O) groups is 1. The Bertz CT molecular complexity index is 791. The van der Waals surface area contributed by atoms with E-state index in [9.17, 15) is 18.0 Å². The summed E-state index contributed by atoms with van der Waals surface area (Å²) in [5.74, 6) is 0.366. The summed E-state index contributed by atoms with van der Waals surface area (Å²) >= 11 is 0. The van der Waals surface area contributed by atoms with Crippen LogP contribution in [0.3, 0.4) is 0 Å². The van der Waals surface area contributed by atoms with Gasteiger partial charge in [-0.05, 0) is 24.5 Å². The summed E-state index contributed by atoms with van der Waals surface area (Å²) in [5, 5.41) is 8.27. The molecule has 132 valence electrons. The number of benzene rings is 1. The van der Waals surface area contributed by atoms with E-state index in [0.29, 0.717) is 24.6 Å². The standard InChI is InChI=1S/C17H17F3N4O/c18-17(19,20)13-3-1-2-11(6-13)7-16(25)23-8-14(9-23)24-10-15(21-22-24)12-4-5-12/h1-3,6,10,12,14H,4-5,7-9H2. The molecule has 25 heavy (non-hydrogen) atoms. The summed E-state index contributed by atoms with van der Waals surface area (Å²) in [4.78, 5) is 13.9. The molecule has 0 spiro atoms. The summed E-state index contributed by atoms with van der Waals surface area (Å²) in [6.07, 6.45) is -0.165. The lowest BCUT2D eigenvalue weighted by atomic mass is 10.0. The van der Waals surface area contributed by atoms with E-state index in [-0.39, 0.29) is 18.4 Å². The topological polar surface area (TPSA) is 51.0 Å². The summed E-state index contributed by atoms with van der Waals surface area (Å²) in [7, 11) is 0. The quantitative estimate of drug-likeness (QED) is 0.852. The molecule has 4 rings (SSSR count). The number of hydrogen-bond acceptors (Lipinski definition) is 3. The van der Waals surface area contributed by atoms with E-state index in [2.05, 4.69) is 10.3 Å². The number of carbonyl (C=O) groups excluding carboxylic acids is 1. The van der Waals surface area contributed by atoms with Gasteiger partial charge in [-0.2, -0.15) is 13.2 Å². The molecule has 2 fully saturated rings. The minimum Gasteiger partial charge on any atom is -0.338 e. The smallest absolute Gasteiger partial charge is 0.338 e. The second-order valence-electron chi connectivity index (χ2n) is 6.73. The molecule has 2 aromatic rings. The van der Waals surface area contributed by atoms with Crippen molar-refractivity contribution in [3.05, 3.63) is 47.3 Å². The molecule has 2 aliphatic rings. The van der Waals surface area contributed by atoms with Crippen LogP contribution in [-0.4, -0.2) is 38.9 Å². The average molecular weight is 350 g/mol. The number of halogens is 3. The molecule has 2 heterocycles. The van der Waals surface area contributed by atoms with Crippen LogP contribution in [0, 0.1) is 0 Å². The Labute approximate surface area is 142 Å². The number of hydrogen-bond donors (Lipinski definition) is 0. The maximum atomic E-state index is 12.7. The lowest BCUT2D eigenvalue weighted by molar-refractivity contribution is -0.138. The molecule has 0 bridgehead atoms. The lowest BCUT2D eigenvalue weighted by Gasteiger charge is -2.39. The zero-order chi connectivity index (χ0) is 17.6. The highest BCUT2D eigenvalue weighted by Gasteiger charge is 2.35. The molecule has 8 heteroatoms. The van der Waals surface area contributed by atoms with Crippen molar-refractivity contribution < 1.29 is 18.0 Å². The predicted octanol–water partition coefficient (Wildman–Crippen LogP) is 2.80. The fourth-order valence-corrected chi connectivity index (χ4v) is 3.01. The molecule has 1 aliphatic carbocycles. The van der Waals surface area contributed by atoms with Gasteiger partial charge in [-0.1, -0.05) is 23.4 Å². The molecule has 1 amide bonds. The van der Waals surface area contributed by atoms with E-state index in [1.54, 1.807) is 15.6 Å². The zero-order valence-electron chi connectivity index (χ0n) is 13.4. The van der Waals surface area contributed by atoms with Gasteiger partial charge < -0.3 is 4.90 Å². The molecule has 1 aliphatic heterocycles. The zero-order valence-corrected chi connectivity index (χ0v) is 13.4. The van der Waals surface area contributed by atoms with Gasteiger partial charge in [-0.25, -0.2) is 4.68 Å². The summed E-state index contributed by atoms with van der Waals surface area (Å²) in [5.41, 5.74) is 0.656. The van der Waals surface area contributed by atoms with E-state index in [4.69, 9.17) is 0 Å². The number of likely N-dealkylation sites (tertiary alicyclic amines) is 1. The largest absolute Gasteiger partial charge is 0.416 e. The van der Waals surface area contributed by atoms with Gasteiger partial charge >= 0.3 is 6.18 Å². The maximum Gasteiger partial charge on any atom is 0.416 e. The summed E-state index contributed by atoms with van der Waals surface area (Å²) in [6, 6.07) is 5.03. The SMILES string of the molecule is O=C(Cc1cccc(C(F)(F)F)c1)N1CC(n2cc(C3CC3)nn2)C1. The van der Waals surface area contributed by atoms with E-state index >= 15 is 0 Å². The first-order valence-corrected chi connectivity index (χ1v) is 8.26. The molecule has 0 N–H and O–H groups in total. The molecule has 0 radical (unpaired) electrons. The third-order valence-corrected chi connectivity index (χ3v) is 4.72. The van der Waals surface area contributed by atoms with Crippen LogP contribution in [0.4, 0.5) is 13.2 Å². The Balaban J connectivity index is 1.34. The Morgan fingerprint density at radius 3 is 2.68 bits per heavy atom. The van der Waals surface area contributed by atoms with Crippen LogP contribution in [0.5, 0.6) is 0 Å². The van der Waals surface area contributed by atoms with Crippen molar-refractivity contribution in [2.75, 3.05) is 13.1 Å². The van der Waals surface area contributed by atoms with E-state index in [1.807, 2.05) is 6.20 Å². The maximum absolute atomic E-state index is 12.7. The van der Waals surface area contributed by atoms with Gasteiger partial charge in [-0.3, -0.25) is 4.79 Å². The highest BCUT2D eigenvalue weighted by atomic mass is 19.4. The monoisotopic (exact) mass is 350 g/mol. The molecular formula is C17H17F3N4O. The van der Waals surface area contributed by atoms with E-state index < -0.39 is 11.7 Å². The van der Waals surface area contributed by atoms with Gasteiger partial charge in [-0.15, -0.1) is 5.10 Å². The normalized spacial score (nSPS) is 18.3. The van der Waals surface area contributed by atoms with Crippen molar-refractivity contribution in [1.82, 2.24) is 19.9 Å². The molecule has 0 unspecified atom stereocenters. The Morgan fingerprint density at radius 1 is 1.24 bits per heavy atom. The van der Waals surface area contributed by atoms with Gasteiger partial charge in [0, 0.05) is 25.2 Å². The molecule has 1 saturated carbocycles. The third kappa shape index (κ3) is 3.38. The molecule has 1 aromatic carbocycles. The Hall–Kier alpha value is -2.38. The molecule has 1 aromatic heterocycles. The fourth-order valence-electron chi connectivity index (χ4n) is 3.01. The van der Waals surface area contributed by atoms with Gasteiger partial charge in [0.15, 0.2) is 0 Å². The van der Waals surface area contributed by atoms with Crippen molar-refractivity contribution in [2.24, 2.45) is 0 Å². The number of aromatic nitrogens is 3. The van der Waals surface area contributed by atoms with Gasteiger partial charge in [0.05, 0.1) is 23.7 Å². The molecule has 5 nitrogen and oxygen atoms in total. The summed E-state index contributed by atoms with van der Waals surface area (Å²) < 4.78 is 40.0. The number of alkyl halides is 3.